The Hall–Kier alpha value is -4.43. The molecule has 10 nitrogen and oxygen atoms in total. The number of halogens is 4. The zero-order valence-electron chi connectivity index (χ0n) is 30.0. The highest BCUT2D eigenvalue weighted by Gasteiger charge is 2.40. The van der Waals surface area contributed by atoms with E-state index in [1.807, 2.05) is 55.5 Å². The van der Waals surface area contributed by atoms with Crippen LogP contribution < -0.4 is 24.8 Å². The monoisotopic (exact) mass is 754 g/mol. The Bertz CT molecular complexity index is 2010. The second-order valence-corrected chi connectivity index (χ2v) is 14.7. The predicted molar refractivity (Wildman–Crippen MR) is 193 cm³/mol. The highest BCUT2D eigenvalue weighted by molar-refractivity contribution is 6.36. The van der Waals surface area contributed by atoms with Gasteiger partial charge in [0.2, 0.25) is 17.6 Å². The van der Waals surface area contributed by atoms with Gasteiger partial charge in [-0.1, -0.05) is 54.1 Å². The maximum Gasteiger partial charge on any atom is 0.421 e. The van der Waals surface area contributed by atoms with Gasteiger partial charge in [-0.2, -0.15) is 18.2 Å². The molecule has 2 aliphatic carbocycles. The van der Waals surface area contributed by atoms with E-state index in [0.717, 1.165) is 33.9 Å². The van der Waals surface area contributed by atoms with Gasteiger partial charge in [0.15, 0.2) is 0 Å². The normalized spacial score (nSPS) is 19.7. The number of benzene rings is 2. The SMILES string of the molecule is COc1nc(-c2cccc(-c3cccc4c3CC[C@@H]4Oc3nc(OC)c(CNC(C)(C)C(=O)O)cc3C(F)(F)F)c2Cl)ccc1CNC1CC(C)(O)C1. The number of hydrogen-bond donors (Lipinski definition) is 4. The lowest BCUT2D eigenvalue weighted by atomic mass is 9.77. The summed E-state index contributed by atoms with van der Waals surface area (Å²) in [7, 11) is 2.84. The molecule has 2 aromatic heterocycles. The third kappa shape index (κ3) is 8.08. The van der Waals surface area contributed by atoms with Crippen molar-refractivity contribution in [2.45, 2.75) is 89.0 Å². The first-order valence-electron chi connectivity index (χ1n) is 17.2. The summed E-state index contributed by atoms with van der Waals surface area (Å²) in [5.74, 6) is -1.44. The molecule has 6 rings (SSSR count). The number of nitrogens with zero attached hydrogens (tertiary/aromatic N) is 2. The molecule has 0 saturated heterocycles. The summed E-state index contributed by atoms with van der Waals surface area (Å²) in [4.78, 5) is 20.4. The molecule has 0 aliphatic heterocycles. The van der Waals surface area contributed by atoms with Crippen molar-refractivity contribution in [3.8, 4) is 40.0 Å². The number of carboxylic acid groups (broad SMARTS) is 1. The molecule has 53 heavy (non-hydrogen) atoms. The summed E-state index contributed by atoms with van der Waals surface area (Å²) in [5.41, 5.74) is 2.26. The first-order chi connectivity index (χ1) is 25.0. The highest BCUT2D eigenvalue weighted by atomic mass is 35.5. The Balaban J connectivity index is 1.27. The number of alkyl halides is 3. The van der Waals surface area contributed by atoms with Crippen LogP contribution in [0.1, 0.15) is 74.0 Å². The maximum atomic E-state index is 14.4. The largest absolute Gasteiger partial charge is 0.481 e. The summed E-state index contributed by atoms with van der Waals surface area (Å²) in [5, 5.41) is 26.1. The van der Waals surface area contributed by atoms with Crippen molar-refractivity contribution in [1.29, 1.82) is 0 Å². The molecule has 2 aliphatic rings. The Morgan fingerprint density at radius 2 is 1.60 bits per heavy atom. The van der Waals surface area contributed by atoms with E-state index in [2.05, 4.69) is 15.6 Å². The van der Waals surface area contributed by atoms with E-state index in [1.165, 1.54) is 21.0 Å². The van der Waals surface area contributed by atoms with Gasteiger partial charge >= 0.3 is 12.1 Å². The smallest absolute Gasteiger partial charge is 0.421 e. The molecule has 1 saturated carbocycles. The molecular formula is C39H42ClF3N4O6. The Labute approximate surface area is 310 Å². The van der Waals surface area contributed by atoms with Crippen molar-refractivity contribution in [2.24, 2.45) is 0 Å². The highest BCUT2D eigenvalue weighted by Crippen LogP contribution is 2.46. The molecule has 0 bridgehead atoms. The number of aliphatic carboxylic acids is 1. The fourth-order valence-corrected chi connectivity index (χ4v) is 7.23. The van der Waals surface area contributed by atoms with Crippen molar-refractivity contribution in [1.82, 2.24) is 20.6 Å². The minimum absolute atomic E-state index is 0.0346. The topological polar surface area (TPSA) is 135 Å². The summed E-state index contributed by atoms with van der Waals surface area (Å²) in [6.45, 7) is 4.93. The number of aromatic nitrogens is 2. The van der Waals surface area contributed by atoms with Crippen LogP contribution in [0.25, 0.3) is 22.4 Å². The number of hydrogen-bond acceptors (Lipinski definition) is 9. The second kappa shape index (κ2) is 14.8. The zero-order chi connectivity index (χ0) is 38.3. The number of ether oxygens (including phenoxy) is 3. The third-order valence-electron chi connectivity index (χ3n) is 9.90. The van der Waals surface area contributed by atoms with E-state index in [1.54, 1.807) is 7.11 Å². The fraction of sp³-hybridized carbons (Fsp3) is 0.410. The van der Waals surface area contributed by atoms with E-state index < -0.39 is 40.8 Å². The van der Waals surface area contributed by atoms with Crippen molar-refractivity contribution in [3.63, 3.8) is 0 Å². The molecule has 1 fully saturated rings. The molecule has 2 aromatic carbocycles. The van der Waals surface area contributed by atoms with Gasteiger partial charge in [-0.25, -0.2) is 4.98 Å². The van der Waals surface area contributed by atoms with Crippen molar-refractivity contribution < 1.29 is 42.4 Å². The lowest BCUT2D eigenvalue weighted by Crippen LogP contribution is -2.51. The number of carbonyl (C=O) groups is 1. The van der Waals surface area contributed by atoms with Crippen molar-refractivity contribution >= 4 is 17.6 Å². The molecule has 2 heterocycles. The van der Waals surface area contributed by atoms with Crippen LogP contribution in [0.15, 0.2) is 54.6 Å². The van der Waals surface area contributed by atoms with E-state index in [0.29, 0.717) is 54.4 Å². The molecule has 1 atom stereocenters. The number of pyridine rings is 2. The Morgan fingerprint density at radius 3 is 2.26 bits per heavy atom. The van der Waals surface area contributed by atoms with Crippen LogP contribution in [0.2, 0.25) is 5.02 Å². The Morgan fingerprint density at radius 1 is 0.943 bits per heavy atom. The summed E-state index contributed by atoms with van der Waals surface area (Å²) in [6.07, 6.45) is -3.27. The van der Waals surface area contributed by atoms with E-state index in [4.69, 9.17) is 30.8 Å². The number of methoxy groups -OCH3 is 2. The molecule has 0 radical (unpaired) electrons. The van der Waals surface area contributed by atoms with E-state index in [9.17, 15) is 28.2 Å². The number of fused-ring (bicyclic) bond motifs is 1. The first kappa shape index (κ1) is 38.3. The first-order valence-corrected chi connectivity index (χ1v) is 17.6. The number of carboxylic acids is 1. The lowest BCUT2D eigenvalue weighted by Gasteiger charge is -2.41. The molecule has 4 N–H and O–H groups in total. The lowest BCUT2D eigenvalue weighted by molar-refractivity contribution is -0.143. The van der Waals surface area contributed by atoms with Crippen LogP contribution in [0.3, 0.4) is 0 Å². The van der Waals surface area contributed by atoms with Gasteiger partial charge in [0, 0.05) is 41.4 Å². The van der Waals surface area contributed by atoms with Crippen LogP contribution in [0, 0.1) is 0 Å². The number of nitrogens with one attached hydrogen (secondary N) is 2. The van der Waals surface area contributed by atoms with Gasteiger partial charge in [0.1, 0.15) is 17.2 Å². The summed E-state index contributed by atoms with van der Waals surface area (Å²) in [6, 6.07) is 16.1. The van der Waals surface area contributed by atoms with Crippen LogP contribution in [0.4, 0.5) is 13.2 Å². The molecule has 14 heteroatoms. The molecule has 0 spiro atoms. The molecule has 4 aromatic rings. The standard InChI is InChI=1S/C39H42ClF3N4O6/c1-37(2,36(48)49)45-20-22-16-29(39(41,42)43)35(47-34(22)52-5)53-31-15-13-25-24(8-6-9-26(25)31)27-10-7-11-28(32(27)40)30-14-12-21(33(46-30)51-4)19-44-23-17-38(3,50)18-23/h6-12,14,16,23,31,44-45,50H,13,15,17-20H2,1-5H3,(H,48,49)/t23?,31-,38?/m0/s1. The minimum atomic E-state index is -4.81. The predicted octanol–water partition coefficient (Wildman–Crippen LogP) is 7.52. The minimum Gasteiger partial charge on any atom is -0.481 e. The van der Waals surface area contributed by atoms with Crippen molar-refractivity contribution in [3.05, 3.63) is 87.4 Å². The van der Waals surface area contributed by atoms with Gasteiger partial charge in [-0.05, 0) is 75.3 Å². The Kier molecular flexibility index (Phi) is 10.7. The number of aliphatic hydroxyl groups is 1. The fourth-order valence-electron chi connectivity index (χ4n) is 6.90. The van der Waals surface area contributed by atoms with Crippen LogP contribution in [-0.4, -0.2) is 57.6 Å². The zero-order valence-corrected chi connectivity index (χ0v) is 30.8. The third-order valence-corrected chi connectivity index (χ3v) is 10.3. The van der Waals surface area contributed by atoms with Gasteiger partial charge in [-0.3, -0.25) is 10.1 Å². The van der Waals surface area contributed by atoms with Crippen LogP contribution >= 0.6 is 11.6 Å². The van der Waals surface area contributed by atoms with Gasteiger partial charge in [0.05, 0.1) is 30.5 Å². The summed E-state index contributed by atoms with van der Waals surface area (Å²) < 4.78 is 60.2. The van der Waals surface area contributed by atoms with E-state index in [-0.39, 0.29) is 24.0 Å². The van der Waals surface area contributed by atoms with Gasteiger partial charge in [0.25, 0.3) is 0 Å². The quantitative estimate of drug-likeness (QED) is 0.109. The molecule has 0 unspecified atom stereocenters. The average molecular weight is 755 g/mol. The average Bonchev–Trinajstić information content (AvgIpc) is 3.51. The maximum absolute atomic E-state index is 14.4. The number of rotatable bonds is 13. The molecular weight excluding hydrogens is 713 g/mol. The van der Waals surface area contributed by atoms with Gasteiger partial charge in [-0.15, -0.1) is 0 Å². The second-order valence-electron chi connectivity index (χ2n) is 14.3. The van der Waals surface area contributed by atoms with Crippen molar-refractivity contribution in [2.75, 3.05) is 14.2 Å². The molecule has 282 valence electrons. The molecule has 0 amide bonds. The van der Waals surface area contributed by atoms with Crippen LogP contribution in [0.5, 0.6) is 17.6 Å². The summed E-state index contributed by atoms with van der Waals surface area (Å²) >= 11 is 7.09. The van der Waals surface area contributed by atoms with E-state index >= 15 is 0 Å². The van der Waals surface area contributed by atoms with Crippen LogP contribution in [-0.2, 0) is 30.5 Å². The van der Waals surface area contributed by atoms with Gasteiger partial charge < -0.3 is 29.7 Å².